The fraction of sp³-hybridized carbons (Fsp3) is 0.619. The van der Waals surface area contributed by atoms with Crippen molar-refractivity contribution < 1.29 is 19.1 Å². The standard InChI is InChI=1S/C42H66N2O4/c1-5-9-13-15-17-19-41(45)47-35-33-44(34-36-48-42(46)20-18-16-14-10-6-2)40-29-25-38(26-30-40)22-21-37-23-27-39(28-24-37)43(31-11-7-3)32-12-8-4/h21-30H,5-20,31-36H2,1-4H3/b22-21+. The molecule has 0 aliphatic rings. The first kappa shape index (κ1) is 40.9. The minimum absolute atomic E-state index is 0.135. The van der Waals surface area contributed by atoms with E-state index in [1.54, 1.807) is 0 Å². The van der Waals surface area contributed by atoms with Crippen molar-refractivity contribution >= 4 is 35.5 Å². The van der Waals surface area contributed by atoms with E-state index < -0.39 is 0 Å². The van der Waals surface area contributed by atoms with Gasteiger partial charge in [-0.05, 0) is 61.1 Å². The summed E-state index contributed by atoms with van der Waals surface area (Å²) in [6, 6.07) is 17.3. The number of nitrogens with zero attached hydrogens (tertiary/aromatic N) is 2. The fourth-order valence-corrected chi connectivity index (χ4v) is 5.65. The van der Waals surface area contributed by atoms with E-state index in [1.807, 2.05) is 0 Å². The molecule has 2 rings (SSSR count). The van der Waals surface area contributed by atoms with Crippen molar-refractivity contribution in [1.29, 1.82) is 0 Å². The van der Waals surface area contributed by atoms with Gasteiger partial charge in [0, 0.05) is 37.3 Å². The molecule has 0 saturated heterocycles. The summed E-state index contributed by atoms with van der Waals surface area (Å²) >= 11 is 0. The quantitative estimate of drug-likeness (QED) is 0.0513. The van der Waals surface area contributed by atoms with Gasteiger partial charge >= 0.3 is 11.9 Å². The van der Waals surface area contributed by atoms with Crippen molar-refractivity contribution in [3.63, 3.8) is 0 Å². The SMILES string of the molecule is CCCCCCCC(=O)OCCN(CCOC(=O)CCCCCCC)c1ccc(/C=C/c2ccc(N(CCCC)CCCC)cc2)cc1. The third kappa shape index (κ3) is 18.3. The highest BCUT2D eigenvalue weighted by Gasteiger charge is 2.11. The molecule has 6 heteroatoms. The highest BCUT2D eigenvalue weighted by Crippen LogP contribution is 2.20. The molecule has 0 bridgehead atoms. The van der Waals surface area contributed by atoms with Gasteiger partial charge in [0.25, 0.3) is 0 Å². The first-order valence-corrected chi connectivity index (χ1v) is 19.2. The summed E-state index contributed by atoms with van der Waals surface area (Å²) in [7, 11) is 0. The number of unbranched alkanes of at least 4 members (excludes halogenated alkanes) is 10. The summed E-state index contributed by atoms with van der Waals surface area (Å²) in [6.07, 6.45) is 21.1. The molecule has 2 aromatic carbocycles. The zero-order valence-electron chi connectivity index (χ0n) is 30.9. The molecular formula is C42H66N2O4. The minimum Gasteiger partial charge on any atom is -0.464 e. The largest absolute Gasteiger partial charge is 0.464 e. The Labute approximate surface area is 293 Å². The number of hydrogen-bond acceptors (Lipinski definition) is 6. The van der Waals surface area contributed by atoms with Gasteiger partial charge in [-0.25, -0.2) is 0 Å². The molecule has 0 aromatic heterocycles. The van der Waals surface area contributed by atoms with Crippen molar-refractivity contribution in [2.24, 2.45) is 0 Å². The van der Waals surface area contributed by atoms with E-state index in [-0.39, 0.29) is 11.9 Å². The highest BCUT2D eigenvalue weighted by atomic mass is 16.5. The Balaban J connectivity index is 1.97. The topological polar surface area (TPSA) is 59.1 Å². The lowest BCUT2D eigenvalue weighted by atomic mass is 10.1. The van der Waals surface area contributed by atoms with Gasteiger partial charge in [0.2, 0.25) is 0 Å². The average molecular weight is 663 g/mol. The van der Waals surface area contributed by atoms with Crippen LogP contribution in [0.15, 0.2) is 48.5 Å². The van der Waals surface area contributed by atoms with Gasteiger partial charge in [-0.15, -0.1) is 0 Å². The Morgan fingerprint density at radius 3 is 1.21 bits per heavy atom. The molecule has 0 unspecified atom stereocenters. The first-order valence-electron chi connectivity index (χ1n) is 19.2. The number of ether oxygens (including phenoxy) is 2. The normalized spacial score (nSPS) is 11.2. The smallest absolute Gasteiger partial charge is 0.305 e. The molecule has 0 aliphatic carbocycles. The van der Waals surface area contributed by atoms with E-state index in [1.165, 1.54) is 75.5 Å². The zero-order valence-corrected chi connectivity index (χ0v) is 30.9. The number of carbonyl (C=O) groups is 2. The van der Waals surface area contributed by atoms with Gasteiger partial charge < -0.3 is 19.3 Å². The molecule has 0 saturated carbocycles. The van der Waals surface area contributed by atoms with Crippen LogP contribution in [0.25, 0.3) is 12.2 Å². The van der Waals surface area contributed by atoms with Crippen LogP contribution in [0, 0.1) is 0 Å². The van der Waals surface area contributed by atoms with E-state index in [2.05, 4.69) is 98.2 Å². The summed E-state index contributed by atoms with van der Waals surface area (Å²) in [5.74, 6) is -0.270. The van der Waals surface area contributed by atoms with E-state index in [0.29, 0.717) is 39.1 Å². The number of carbonyl (C=O) groups excluding carboxylic acids is 2. The second-order valence-electron chi connectivity index (χ2n) is 13.0. The van der Waals surface area contributed by atoms with Gasteiger partial charge in [-0.1, -0.05) is 128 Å². The lowest BCUT2D eigenvalue weighted by molar-refractivity contribution is -0.143. The van der Waals surface area contributed by atoms with Gasteiger partial charge in [-0.2, -0.15) is 0 Å². The molecule has 0 radical (unpaired) electrons. The number of esters is 2. The number of benzene rings is 2. The van der Waals surface area contributed by atoms with Gasteiger partial charge in [0.05, 0.1) is 13.1 Å². The van der Waals surface area contributed by atoms with Gasteiger partial charge in [0.1, 0.15) is 13.2 Å². The van der Waals surface area contributed by atoms with E-state index >= 15 is 0 Å². The number of rotatable bonds is 28. The average Bonchev–Trinajstić information content (AvgIpc) is 3.10. The van der Waals surface area contributed by atoms with Crippen LogP contribution in [-0.4, -0.2) is 51.3 Å². The third-order valence-corrected chi connectivity index (χ3v) is 8.77. The van der Waals surface area contributed by atoms with Gasteiger partial charge in [0.15, 0.2) is 0 Å². The molecule has 0 amide bonds. The maximum atomic E-state index is 12.3. The molecule has 0 spiro atoms. The van der Waals surface area contributed by atoms with Crippen LogP contribution in [0.1, 0.15) is 142 Å². The van der Waals surface area contributed by atoms with Crippen molar-refractivity contribution in [2.75, 3.05) is 49.2 Å². The number of hydrogen-bond donors (Lipinski definition) is 0. The van der Waals surface area contributed by atoms with E-state index in [4.69, 9.17) is 9.47 Å². The number of anilines is 2. The van der Waals surface area contributed by atoms with Crippen LogP contribution >= 0.6 is 0 Å². The maximum Gasteiger partial charge on any atom is 0.305 e. The molecule has 0 heterocycles. The van der Waals surface area contributed by atoms with Crippen LogP contribution in [0.4, 0.5) is 11.4 Å². The van der Waals surface area contributed by atoms with Crippen molar-refractivity contribution in [3.8, 4) is 0 Å². The molecule has 0 fully saturated rings. The van der Waals surface area contributed by atoms with Crippen LogP contribution < -0.4 is 9.80 Å². The fourth-order valence-electron chi connectivity index (χ4n) is 5.65. The second-order valence-corrected chi connectivity index (χ2v) is 13.0. The Bertz CT molecular complexity index is 1090. The Morgan fingerprint density at radius 2 is 0.833 bits per heavy atom. The molecule has 48 heavy (non-hydrogen) atoms. The molecule has 0 aliphatic heterocycles. The molecule has 6 nitrogen and oxygen atoms in total. The second kappa shape index (κ2) is 26.6. The summed E-state index contributed by atoms with van der Waals surface area (Å²) in [4.78, 5) is 29.3. The Morgan fingerprint density at radius 1 is 0.479 bits per heavy atom. The van der Waals surface area contributed by atoms with E-state index in [9.17, 15) is 9.59 Å². The minimum atomic E-state index is -0.135. The molecule has 268 valence electrons. The van der Waals surface area contributed by atoms with Crippen molar-refractivity contribution in [3.05, 3.63) is 59.7 Å². The summed E-state index contributed by atoms with van der Waals surface area (Å²) in [5, 5.41) is 0. The Kier molecular flexibility index (Phi) is 22.7. The lowest BCUT2D eigenvalue weighted by Crippen LogP contribution is -2.32. The molecular weight excluding hydrogens is 596 g/mol. The van der Waals surface area contributed by atoms with E-state index in [0.717, 1.165) is 50.0 Å². The van der Waals surface area contributed by atoms with Crippen LogP contribution in [0.2, 0.25) is 0 Å². The zero-order chi connectivity index (χ0) is 34.7. The molecule has 0 N–H and O–H groups in total. The highest BCUT2D eigenvalue weighted by molar-refractivity contribution is 5.72. The van der Waals surface area contributed by atoms with Gasteiger partial charge in [-0.3, -0.25) is 9.59 Å². The summed E-state index contributed by atoms with van der Waals surface area (Å²) < 4.78 is 11.2. The summed E-state index contributed by atoms with van der Waals surface area (Å²) in [6.45, 7) is 12.8. The predicted octanol–water partition coefficient (Wildman–Crippen LogP) is 10.9. The molecule has 2 aromatic rings. The lowest BCUT2D eigenvalue weighted by Gasteiger charge is -2.25. The first-order chi connectivity index (χ1) is 23.5. The predicted molar refractivity (Wildman–Crippen MR) is 205 cm³/mol. The monoisotopic (exact) mass is 663 g/mol. The maximum absolute atomic E-state index is 12.3. The van der Waals surface area contributed by atoms with Crippen molar-refractivity contribution in [1.82, 2.24) is 0 Å². The van der Waals surface area contributed by atoms with Crippen LogP contribution in [0.3, 0.4) is 0 Å². The molecule has 0 atom stereocenters. The van der Waals surface area contributed by atoms with Crippen molar-refractivity contribution in [2.45, 2.75) is 130 Å². The third-order valence-electron chi connectivity index (χ3n) is 8.77. The summed E-state index contributed by atoms with van der Waals surface area (Å²) in [5.41, 5.74) is 4.60. The van der Waals surface area contributed by atoms with Crippen LogP contribution in [0.5, 0.6) is 0 Å². The Hall–Kier alpha value is -3.28. The van der Waals surface area contributed by atoms with Crippen LogP contribution in [-0.2, 0) is 19.1 Å².